The molecule has 4 rings (SSSR count). The van der Waals surface area contributed by atoms with Crippen LogP contribution in [-0.2, 0) is 6.54 Å². The van der Waals surface area contributed by atoms with Gasteiger partial charge in [-0.2, -0.15) is 0 Å². The van der Waals surface area contributed by atoms with Crippen LogP contribution >= 0.6 is 12.2 Å². The number of aromatic nitrogens is 2. The first-order valence-electron chi connectivity index (χ1n) is 9.04. The molecule has 6 nitrogen and oxygen atoms in total. The van der Waals surface area contributed by atoms with Crippen molar-refractivity contribution in [1.82, 2.24) is 19.8 Å². The molecule has 7 heteroatoms. The van der Waals surface area contributed by atoms with Crippen LogP contribution in [0, 0.1) is 0 Å². The number of aliphatic hydroxyl groups excluding tert-OH is 1. The highest BCUT2D eigenvalue weighted by atomic mass is 32.1. The summed E-state index contributed by atoms with van der Waals surface area (Å²) >= 11 is 5.62. The lowest BCUT2D eigenvalue weighted by Crippen LogP contribution is -2.32. The second-order valence-electron chi connectivity index (χ2n) is 6.54. The minimum Gasteiger partial charge on any atom is -0.467 e. The van der Waals surface area contributed by atoms with Gasteiger partial charge in [-0.05, 0) is 55.0 Å². The summed E-state index contributed by atoms with van der Waals surface area (Å²) in [6, 6.07) is 13.9. The zero-order chi connectivity index (χ0) is 18.6. The van der Waals surface area contributed by atoms with Crippen molar-refractivity contribution in [3.8, 4) is 0 Å². The van der Waals surface area contributed by atoms with Crippen molar-refractivity contribution in [2.45, 2.75) is 25.0 Å². The Morgan fingerprint density at radius 1 is 1.19 bits per heavy atom. The van der Waals surface area contributed by atoms with E-state index in [0.29, 0.717) is 24.6 Å². The highest BCUT2D eigenvalue weighted by Crippen LogP contribution is 2.38. The highest BCUT2D eigenvalue weighted by Gasteiger charge is 2.40. The molecule has 2 unspecified atom stereocenters. The average molecular weight is 382 g/mol. The van der Waals surface area contributed by atoms with Crippen LogP contribution in [0.5, 0.6) is 0 Å². The molecule has 27 heavy (non-hydrogen) atoms. The SMILES string of the molecule is OCCCN1C(=S)NC(c2ccccn2)C1c1cccn1Cc1ccco1. The number of nitrogens with zero attached hydrogens (tertiary/aromatic N) is 3. The van der Waals surface area contributed by atoms with Gasteiger partial charge in [0.2, 0.25) is 0 Å². The van der Waals surface area contributed by atoms with Gasteiger partial charge in [0.1, 0.15) is 5.76 Å². The summed E-state index contributed by atoms with van der Waals surface area (Å²) < 4.78 is 7.71. The van der Waals surface area contributed by atoms with E-state index in [0.717, 1.165) is 17.1 Å². The summed E-state index contributed by atoms with van der Waals surface area (Å²) in [6.45, 7) is 1.47. The average Bonchev–Trinajstić information content (AvgIpc) is 3.42. The molecule has 0 saturated carbocycles. The molecule has 4 heterocycles. The van der Waals surface area contributed by atoms with Gasteiger partial charge >= 0.3 is 0 Å². The van der Waals surface area contributed by atoms with Crippen LogP contribution in [-0.4, -0.2) is 37.8 Å². The maximum absolute atomic E-state index is 9.32. The third kappa shape index (κ3) is 3.61. The fraction of sp³-hybridized carbons (Fsp3) is 0.300. The van der Waals surface area contributed by atoms with E-state index in [1.165, 1.54) is 0 Å². The van der Waals surface area contributed by atoms with E-state index in [9.17, 15) is 5.11 Å². The third-order valence-corrected chi connectivity index (χ3v) is 5.18. The molecule has 0 radical (unpaired) electrons. The Labute approximate surface area is 163 Å². The zero-order valence-corrected chi connectivity index (χ0v) is 15.7. The van der Waals surface area contributed by atoms with E-state index >= 15 is 0 Å². The molecule has 2 atom stereocenters. The van der Waals surface area contributed by atoms with Crippen LogP contribution < -0.4 is 5.32 Å². The molecule has 2 N–H and O–H groups in total. The summed E-state index contributed by atoms with van der Waals surface area (Å²) in [7, 11) is 0. The highest BCUT2D eigenvalue weighted by molar-refractivity contribution is 7.80. The lowest BCUT2D eigenvalue weighted by molar-refractivity contribution is 0.243. The first-order valence-corrected chi connectivity index (χ1v) is 9.45. The lowest BCUT2D eigenvalue weighted by atomic mass is 10.0. The molecule has 140 valence electrons. The van der Waals surface area contributed by atoms with Gasteiger partial charge in [-0.25, -0.2) is 0 Å². The van der Waals surface area contributed by atoms with Crippen LogP contribution in [0.3, 0.4) is 0 Å². The minimum atomic E-state index is -0.0531. The fourth-order valence-electron chi connectivity index (χ4n) is 3.62. The molecular formula is C20H22N4O2S. The Kier molecular flexibility index (Phi) is 5.22. The van der Waals surface area contributed by atoms with Gasteiger partial charge in [0.05, 0.1) is 30.6 Å². The van der Waals surface area contributed by atoms with Crippen molar-refractivity contribution in [1.29, 1.82) is 0 Å². The Morgan fingerprint density at radius 3 is 2.85 bits per heavy atom. The fourth-order valence-corrected chi connectivity index (χ4v) is 3.95. The molecule has 0 aliphatic carbocycles. The van der Waals surface area contributed by atoms with Crippen LogP contribution in [0.25, 0.3) is 0 Å². The van der Waals surface area contributed by atoms with Crippen molar-refractivity contribution < 1.29 is 9.52 Å². The number of hydrogen-bond acceptors (Lipinski definition) is 4. The second kappa shape index (κ2) is 7.94. The molecule has 3 aromatic heterocycles. The topological polar surface area (TPSA) is 66.5 Å². The van der Waals surface area contributed by atoms with Gasteiger partial charge in [-0.15, -0.1) is 0 Å². The number of hydrogen-bond donors (Lipinski definition) is 2. The van der Waals surface area contributed by atoms with Crippen molar-refractivity contribution in [3.05, 3.63) is 78.3 Å². The summed E-state index contributed by atoms with van der Waals surface area (Å²) in [5, 5.41) is 13.4. The van der Waals surface area contributed by atoms with E-state index in [1.807, 2.05) is 36.4 Å². The number of thiocarbonyl (C=S) groups is 1. The predicted octanol–water partition coefficient (Wildman–Crippen LogP) is 2.88. The number of furan rings is 1. The van der Waals surface area contributed by atoms with Gasteiger partial charge in [0.15, 0.2) is 5.11 Å². The van der Waals surface area contributed by atoms with Gasteiger partial charge in [0.25, 0.3) is 0 Å². The van der Waals surface area contributed by atoms with E-state index in [4.69, 9.17) is 16.6 Å². The molecule has 3 aromatic rings. The molecule has 0 bridgehead atoms. The minimum absolute atomic E-state index is 0.0103. The van der Waals surface area contributed by atoms with Crippen molar-refractivity contribution in [2.75, 3.05) is 13.2 Å². The summed E-state index contributed by atoms with van der Waals surface area (Å²) in [5.41, 5.74) is 2.08. The molecule has 1 fully saturated rings. The van der Waals surface area contributed by atoms with Gasteiger partial charge in [-0.1, -0.05) is 6.07 Å². The van der Waals surface area contributed by atoms with Gasteiger partial charge in [-0.3, -0.25) is 4.98 Å². The van der Waals surface area contributed by atoms with Crippen LogP contribution in [0.1, 0.15) is 35.7 Å². The first kappa shape index (κ1) is 17.8. The number of nitrogens with one attached hydrogen (secondary N) is 1. The van der Waals surface area contributed by atoms with E-state index in [-0.39, 0.29) is 18.7 Å². The monoisotopic (exact) mass is 382 g/mol. The van der Waals surface area contributed by atoms with Gasteiger partial charge < -0.3 is 24.3 Å². The molecule has 1 aliphatic heterocycles. The van der Waals surface area contributed by atoms with E-state index in [2.05, 4.69) is 32.0 Å². The Morgan fingerprint density at radius 2 is 2.11 bits per heavy atom. The Bertz CT molecular complexity index is 879. The van der Waals surface area contributed by atoms with E-state index in [1.54, 1.807) is 12.5 Å². The van der Waals surface area contributed by atoms with Gasteiger partial charge in [0, 0.05) is 31.2 Å². The zero-order valence-electron chi connectivity index (χ0n) is 14.9. The molecule has 0 amide bonds. The number of rotatable bonds is 7. The maximum atomic E-state index is 9.32. The molecule has 1 aliphatic rings. The Balaban J connectivity index is 1.71. The lowest BCUT2D eigenvalue weighted by Gasteiger charge is -2.28. The summed E-state index contributed by atoms with van der Waals surface area (Å²) in [6.07, 6.45) is 6.20. The summed E-state index contributed by atoms with van der Waals surface area (Å²) in [5.74, 6) is 0.900. The maximum Gasteiger partial charge on any atom is 0.170 e. The van der Waals surface area contributed by atoms with Crippen molar-refractivity contribution >= 4 is 17.3 Å². The Hall–Kier alpha value is -2.64. The second-order valence-corrected chi connectivity index (χ2v) is 6.92. The molecule has 1 saturated heterocycles. The van der Waals surface area contributed by atoms with E-state index < -0.39 is 0 Å². The smallest absolute Gasteiger partial charge is 0.170 e. The van der Waals surface area contributed by atoms with Crippen molar-refractivity contribution in [3.63, 3.8) is 0 Å². The molecular weight excluding hydrogens is 360 g/mol. The number of pyridine rings is 1. The van der Waals surface area contributed by atoms with Crippen LogP contribution in [0.2, 0.25) is 0 Å². The third-order valence-electron chi connectivity index (χ3n) is 4.83. The quantitative estimate of drug-likeness (QED) is 0.613. The van der Waals surface area contributed by atoms with Crippen molar-refractivity contribution in [2.24, 2.45) is 0 Å². The van der Waals surface area contributed by atoms with Crippen LogP contribution in [0.15, 0.2) is 65.5 Å². The number of aliphatic hydroxyl groups is 1. The molecule has 0 aromatic carbocycles. The van der Waals surface area contributed by atoms with Crippen LogP contribution in [0.4, 0.5) is 0 Å². The molecule has 0 spiro atoms. The predicted molar refractivity (Wildman–Crippen MR) is 106 cm³/mol. The normalized spacial score (nSPS) is 19.4. The first-order chi connectivity index (χ1) is 13.3. The summed E-state index contributed by atoms with van der Waals surface area (Å²) in [4.78, 5) is 6.70. The largest absolute Gasteiger partial charge is 0.467 e. The standard InChI is InChI=1S/C20H22N4O2S/c25-12-5-11-24-19(18(22-20(24)27)16-7-1-2-9-21-16)17-8-3-10-23(17)14-15-6-4-13-26-15/h1-4,6-10,13,18-19,25H,5,11-12,14H2,(H,22,27).